The zero-order valence-corrected chi connectivity index (χ0v) is 9.06. The summed E-state index contributed by atoms with van der Waals surface area (Å²) in [6.45, 7) is 0. The van der Waals surface area contributed by atoms with E-state index in [9.17, 15) is 4.79 Å². The van der Waals surface area contributed by atoms with Crippen LogP contribution in [-0.4, -0.2) is 25.4 Å². The Labute approximate surface area is 93.2 Å². The van der Waals surface area contributed by atoms with E-state index in [-0.39, 0.29) is 5.91 Å². The summed E-state index contributed by atoms with van der Waals surface area (Å²) in [5.41, 5.74) is 2.15. The molecule has 1 N–H and O–H groups in total. The maximum Gasteiger partial charge on any atom is 0.258 e. The average Bonchev–Trinajstić information content (AvgIpc) is 2.62. The van der Waals surface area contributed by atoms with Crippen molar-refractivity contribution in [2.24, 2.45) is 0 Å². The van der Waals surface area contributed by atoms with Gasteiger partial charge in [0.15, 0.2) is 0 Å². The van der Waals surface area contributed by atoms with Gasteiger partial charge in [-0.05, 0) is 6.07 Å². The van der Waals surface area contributed by atoms with Crippen LogP contribution >= 0.6 is 0 Å². The minimum Gasteiger partial charge on any atom is -0.321 e. The molecule has 0 atom stereocenters. The Balaban J connectivity index is 2.38. The van der Waals surface area contributed by atoms with Crippen LogP contribution in [0.25, 0.3) is 5.57 Å². The molecule has 0 aliphatic carbocycles. The van der Waals surface area contributed by atoms with Crippen LogP contribution in [0.5, 0.6) is 0 Å². The molecule has 1 heterocycles. The van der Waals surface area contributed by atoms with Gasteiger partial charge in [0, 0.05) is 11.3 Å². The quantitative estimate of drug-likeness (QED) is 0.618. The zero-order chi connectivity index (χ0) is 11.5. The van der Waals surface area contributed by atoms with Crippen molar-refractivity contribution < 1.29 is 14.5 Å². The van der Waals surface area contributed by atoms with Gasteiger partial charge in [0.2, 0.25) is 0 Å². The number of benzene rings is 1. The van der Waals surface area contributed by atoms with Crippen LogP contribution in [0.2, 0.25) is 0 Å². The topological polar surface area (TPSA) is 50.8 Å². The number of amides is 1. The summed E-state index contributed by atoms with van der Waals surface area (Å²) in [5, 5.41) is 3.88. The minimum atomic E-state index is -0.166. The van der Waals surface area contributed by atoms with Crippen molar-refractivity contribution in [3.63, 3.8) is 0 Å². The summed E-state index contributed by atoms with van der Waals surface area (Å²) in [6.07, 6.45) is 1.50. The van der Waals surface area contributed by atoms with Gasteiger partial charge in [0.05, 0.1) is 26.0 Å². The standard InChI is InChI=1S/C11H12N2O3/c1-15-13(16-2)7-9-8-5-3-4-6-10(8)12-11(9)14/h3-7H,1-2H3,(H,12,14)/b9-7-. The van der Waals surface area contributed by atoms with Crippen LogP contribution in [-0.2, 0) is 14.5 Å². The van der Waals surface area contributed by atoms with Gasteiger partial charge in [-0.3, -0.25) is 14.5 Å². The van der Waals surface area contributed by atoms with E-state index >= 15 is 0 Å². The first kappa shape index (κ1) is 10.7. The third-order valence-corrected chi connectivity index (χ3v) is 2.30. The second kappa shape index (κ2) is 4.34. The third kappa shape index (κ3) is 1.78. The fraction of sp³-hybridized carbons (Fsp3) is 0.182. The van der Waals surface area contributed by atoms with Crippen molar-refractivity contribution >= 4 is 17.2 Å². The van der Waals surface area contributed by atoms with E-state index in [2.05, 4.69) is 5.32 Å². The van der Waals surface area contributed by atoms with Gasteiger partial charge in [-0.2, -0.15) is 0 Å². The lowest BCUT2D eigenvalue weighted by Gasteiger charge is -2.13. The van der Waals surface area contributed by atoms with Crippen molar-refractivity contribution in [1.82, 2.24) is 5.23 Å². The highest BCUT2D eigenvalue weighted by Gasteiger charge is 2.24. The minimum absolute atomic E-state index is 0.166. The van der Waals surface area contributed by atoms with Crippen LogP contribution in [0.3, 0.4) is 0 Å². The predicted octanol–water partition coefficient (Wildman–Crippen LogP) is 1.40. The number of rotatable bonds is 3. The average molecular weight is 220 g/mol. The summed E-state index contributed by atoms with van der Waals surface area (Å²) in [4.78, 5) is 21.4. The maximum atomic E-state index is 11.7. The summed E-state index contributed by atoms with van der Waals surface area (Å²) in [7, 11) is 2.92. The fourth-order valence-electron chi connectivity index (χ4n) is 1.55. The van der Waals surface area contributed by atoms with Crippen molar-refractivity contribution in [3.8, 4) is 0 Å². The smallest absolute Gasteiger partial charge is 0.258 e. The molecule has 1 aliphatic rings. The molecule has 0 bridgehead atoms. The highest BCUT2D eigenvalue weighted by molar-refractivity contribution is 6.31. The van der Waals surface area contributed by atoms with Crippen LogP contribution in [0, 0.1) is 0 Å². The second-order valence-electron chi connectivity index (χ2n) is 3.19. The molecule has 0 radical (unpaired) electrons. The Kier molecular flexibility index (Phi) is 2.89. The highest BCUT2D eigenvalue weighted by atomic mass is 16.9. The van der Waals surface area contributed by atoms with E-state index in [1.807, 2.05) is 24.3 Å². The Bertz CT molecular complexity index is 439. The number of para-hydroxylation sites is 1. The van der Waals surface area contributed by atoms with E-state index in [1.165, 1.54) is 20.4 Å². The molecule has 0 spiro atoms. The monoisotopic (exact) mass is 220 g/mol. The lowest BCUT2D eigenvalue weighted by molar-refractivity contribution is -0.307. The number of hydrogen-bond donors (Lipinski definition) is 1. The fourth-order valence-corrected chi connectivity index (χ4v) is 1.55. The normalized spacial score (nSPS) is 16.1. The van der Waals surface area contributed by atoms with Gasteiger partial charge < -0.3 is 5.32 Å². The molecule has 0 fully saturated rings. The molecule has 0 saturated heterocycles. The summed E-state index contributed by atoms with van der Waals surface area (Å²) in [6, 6.07) is 7.45. The largest absolute Gasteiger partial charge is 0.321 e. The molecule has 2 rings (SSSR count). The first-order valence-electron chi connectivity index (χ1n) is 4.76. The van der Waals surface area contributed by atoms with Crippen LogP contribution < -0.4 is 5.32 Å². The Morgan fingerprint density at radius 3 is 2.62 bits per heavy atom. The second-order valence-corrected chi connectivity index (χ2v) is 3.19. The van der Waals surface area contributed by atoms with Crippen molar-refractivity contribution in [1.29, 1.82) is 0 Å². The number of carbonyl (C=O) groups excluding carboxylic acids is 1. The molecule has 16 heavy (non-hydrogen) atoms. The Morgan fingerprint density at radius 2 is 1.94 bits per heavy atom. The number of hydrogen-bond acceptors (Lipinski definition) is 4. The van der Waals surface area contributed by atoms with Gasteiger partial charge in [-0.1, -0.05) is 18.2 Å². The highest BCUT2D eigenvalue weighted by Crippen LogP contribution is 2.31. The lowest BCUT2D eigenvalue weighted by atomic mass is 10.1. The van der Waals surface area contributed by atoms with Crippen LogP contribution in [0.4, 0.5) is 5.69 Å². The third-order valence-electron chi connectivity index (χ3n) is 2.30. The van der Waals surface area contributed by atoms with E-state index in [1.54, 1.807) is 0 Å². The molecule has 5 heteroatoms. The molecule has 1 aliphatic heterocycles. The molecular weight excluding hydrogens is 208 g/mol. The van der Waals surface area contributed by atoms with E-state index in [0.717, 1.165) is 16.5 Å². The molecule has 0 saturated carbocycles. The van der Waals surface area contributed by atoms with Gasteiger partial charge in [-0.15, -0.1) is 5.23 Å². The van der Waals surface area contributed by atoms with Gasteiger partial charge in [0.1, 0.15) is 0 Å². The van der Waals surface area contributed by atoms with Gasteiger partial charge in [0.25, 0.3) is 5.91 Å². The molecule has 1 amide bonds. The van der Waals surface area contributed by atoms with Crippen molar-refractivity contribution in [3.05, 3.63) is 36.0 Å². The molecule has 0 aromatic heterocycles. The number of anilines is 1. The first-order valence-corrected chi connectivity index (χ1v) is 4.76. The summed E-state index contributed by atoms with van der Waals surface area (Å²) < 4.78 is 0. The first-order chi connectivity index (χ1) is 7.76. The van der Waals surface area contributed by atoms with Gasteiger partial charge in [-0.25, -0.2) is 0 Å². The molecule has 0 unspecified atom stereocenters. The van der Waals surface area contributed by atoms with E-state index in [0.29, 0.717) is 5.57 Å². The molecule has 1 aromatic carbocycles. The summed E-state index contributed by atoms with van der Waals surface area (Å²) >= 11 is 0. The zero-order valence-electron chi connectivity index (χ0n) is 9.06. The molecule has 1 aromatic rings. The number of fused-ring (bicyclic) bond motifs is 1. The number of nitrogens with zero attached hydrogens (tertiary/aromatic N) is 1. The Morgan fingerprint density at radius 1 is 1.25 bits per heavy atom. The lowest BCUT2D eigenvalue weighted by Crippen LogP contribution is -2.16. The molecular formula is C11H12N2O3. The predicted molar refractivity (Wildman–Crippen MR) is 58.9 cm³/mol. The number of hydroxylamine groups is 2. The SMILES string of the molecule is CON(/C=C1\C(=O)Nc2ccccc21)OC. The van der Waals surface area contributed by atoms with Gasteiger partial charge >= 0.3 is 0 Å². The van der Waals surface area contributed by atoms with E-state index in [4.69, 9.17) is 9.68 Å². The Hall–Kier alpha value is -1.85. The summed E-state index contributed by atoms with van der Waals surface area (Å²) in [5.74, 6) is -0.166. The van der Waals surface area contributed by atoms with Crippen molar-refractivity contribution in [2.45, 2.75) is 0 Å². The number of carbonyl (C=O) groups is 1. The van der Waals surface area contributed by atoms with Crippen LogP contribution in [0.15, 0.2) is 30.5 Å². The van der Waals surface area contributed by atoms with Crippen LogP contribution in [0.1, 0.15) is 5.56 Å². The maximum absolute atomic E-state index is 11.7. The molecule has 84 valence electrons. The van der Waals surface area contributed by atoms with E-state index < -0.39 is 0 Å². The van der Waals surface area contributed by atoms with Crippen molar-refractivity contribution in [2.75, 3.05) is 19.5 Å². The number of nitrogens with one attached hydrogen (secondary N) is 1. The molecule has 5 nitrogen and oxygen atoms in total.